The van der Waals surface area contributed by atoms with Crippen LogP contribution in [-0.4, -0.2) is 65.1 Å². The summed E-state index contributed by atoms with van der Waals surface area (Å²) < 4.78 is 31.1. The van der Waals surface area contributed by atoms with Gasteiger partial charge in [-0.15, -0.1) is 0 Å². The van der Waals surface area contributed by atoms with E-state index in [1.165, 1.54) is 23.9 Å². The van der Waals surface area contributed by atoms with Gasteiger partial charge in [-0.1, -0.05) is 12.1 Å². The SMILES string of the molecule is CCOC(=O)c1c(N)c(C2CCN(C(=O)OC(C)(C)C)CC2)nn1-c1ccc(CNC(=O)c2cc(F)ccc2OC)cc1. The number of nitrogen functional groups attached to an aromatic ring is 1. The normalized spacial score (nSPS) is 13.9. The number of aromatic nitrogens is 2. The molecule has 1 fully saturated rings. The number of carbonyl (C=O) groups is 3. The molecule has 12 heteroatoms. The highest BCUT2D eigenvalue weighted by Gasteiger charge is 2.32. The van der Waals surface area contributed by atoms with Crippen LogP contribution in [-0.2, 0) is 16.0 Å². The number of rotatable bonds is 8. The Balaban J connectivity index is 1.51. The number of methoxy groups -OCH3 is 1. The van der Waals surface area contributed by atoms with Gasteiger partial charge in [0.1, 0.15) is 17.2 Å². The number of nitrogens with zero attached hydrogens (tertiary/aromatic N) is 3. The van der Waals surface area contributed by atoms with Crippen LogP contribution in [0.1, 0.15) is 78.6 Å². The molecule has 3 aromatic rings. The van der Waals surface area contributed by atoms with Crippen LogP contribution in [0, 0.1) is 5.82 Å². The molecule has 1 aliphatic heterocycles. The molecule has 4 rings (SSSR count). The third kappa shape index (κ3) is 7.43. The zero-order valence-electron chi connectivity index (χ0n) is 25.1. The van der Waals surface area contributed by atoms with E-state index in [2.05, 4.69) is 5.32 Å². The van der Waals surface area contributed by atoms with Crippen molar-refractivity contribution in [2.45, 2.75) is 58.6 Å². The number of benzene rings is 2. The molecule has 1 aromatic heterocycles. The number of anilines is 1. The maximum absolute atomic E-state index is 13.7. The first-order valence-corrected chi connectivity index (χ1v) is 14.2. The van der Waals surface area contributed by atoms with E-state index in [0.29, 0.717) is 37.3 Å². The summed E-state index contributed by atoms with van der Waals surface area (Å²) in [4.78, 5) is 39.8. The summed E-state index contributed by atoms with van der Waals surface area (Å²) in [5, 5.41) is 7.51. The van der Waals surface area contributed by atoms with Crippen molar-refractivity contribution in [2.24, 2.45) is 0 Å². The van der Waals surface area contributed by atoms with Crippen LogP contribution in [0.5, 0.6) is 5.75 Å². The van der Waals surface area contributed by atoms with Crippen LogP contribution in [0.15, 0.2) is 42.5 Å². The van der Waals surface area contributed by atoms with Crippen molar-refractivity contribution in [1.29, 1.82) is 0 Å². The lowest BCUT2D eigenvalue weighted by Crippen LogP contribution is -2.41. The Morgan fingerprint density at radius 3 is 2.37 bits per heavy atom. The predicted octanol–water partition coefficient (Wildman–Crippen LogP) is 4.82. The molecule has 3 N–H and O–H groups in total. The Kier molecular flexibility index (Phi) is 9.57. The molecule has 2 amide bonds. The minimum atomic E-state index is -0.592. The largest absolute Gasteiger partial charge is 0.496 e. The number of hydrogen-bond acceptors (Lipinski definition) is 8. The fourth-order valence-electron chi connectivity index (χ4n) is 4.88. The summed E-state index contributed by atoms with van der Waals surface area (Å²) in [7, 11) is 1.41. The third-order valence-electron chi connectivity index (χ3n) is 6.99. The van der Waals surface area contributed by atoms with Crippen LogP contribution in [0.25, 0.3) is 5.69 Å². The van der Waals surface area contributed by atoms with Gasteiger partial charge < -0.3 is 30.2 Å². The zero-order chi connectivity index (χ0) is 31.3. The molecule has 0 atom stereocenters. The monoisotopic (exact) mass is 595 g/mol. The lowest BCUT2D eigenvalue weighted by atomic mass is 9.92. The van der Waals surface area contributed by atoms with Gasteiger partial charge in [-0.25, -0.2) is 18.7 Å². The van der Waals surface area contributed by atoms with Crippen molar-refractivity contribution in [3.05, 3.63) is 70.8 Å². The van der Waals surface area contributed by atoms with Gasteiger partial charge in [0.2, 0.25) is 0 Å². The van der Waals surface area contributed by atoms with E-state index in [4.69, 9.17) is 25.0 Å². The summed E-state index contributed by atoms with van der Waals surface area (Å²) >= 11 is 0. The molecule has 0 unspecified atom stereocenters. The van der Waals surface area contributed by atoms with Crippen molar-refractivity contribution >= 4 is 23.7 Å². The number of nitrogens with two attached hydrogens (primary N) is 1. The fourth-order valence-corrected chi connectivity index (χ4v) is 4.88. The molecule has 43 heavy (non-hydrogen) atoms. The van der Waals surface area contributed by atoms with Crippen molar-refractivity contribution in [3.63, 3.8) is 0 Å². The molecule has 0 saturated carbocycles. The maximum Gasteiger partial charge on any atom is 0.410 e. The number of carbonyl (C=O) groups excluding carboxylic acids is 3. The molecular formula is C31H38FN5O6. The standard InChI is InChI=1S/C31H38FN5O6/c1-6-42-29(39)27-25(33)26(20-13-15-36(16-14-20)30(40)43-31(2,3)4)35-37(27)22-10-7-19(8-11-22)18-34-28(38)23-17-21(32)9-12-24(23)41-5/h7-12,17,20H,6,13-16,18,33H2,1-5H3,(H,34,38). The fraction of sp³-hybridized carbons (Fsp3) is 0.419. The Bertz CT molecular complexity index is 1470. The molecular weight excluding hydrogens is 557 g/mol. The van der Waals surface area contributed by atoms with E-state index in [-0.39, 0.29) is 47.9 Å². The highest BCUT2D eigenvalue weighted by atomic mass is 19.1. The van der Waals surface area contributed by atoms with E-state index < -0.39 is 23.3 Å². The minimum absolute atomic E-state index is 0.0672. The molecule has 1 aliphatic rings. The first-order chi connectivity index (χ1) is 20.4. The van der Waals surface area contributed by atoms with Gasteiger partial charge in [-0.05, 0) is 76.4 Å². The van der Waals surface area contributed by atoms with Gasteiger partial charge in [0, 0.05) is 25.6 Å². The van der Waals surface area contributed by atoms with Crippen LogP contribution in [0.4, 0.5) is 14.9 Å². The highest BCUT2D eigenvalue weighted by Crippen LogP contribution is 2.34. The summed E-state index contributed by atoms with van der Waals surface area (Å²) in [6.07, 6.45) is 0.859. The van der Waals surface area contributed by atoms with Gasteiger partial charge >= 0.3 is 12.1 Å². The first kappa shape index (κ1) is 31.3. The molecule has 0 radical (unpaired) electrons. The Morgan fingerprint density at radius 1 is 1.09 bits per heavy atom. The van der Waals surface area contributed by atoms with E-state index in [1.54, 1.807) is 36.1 Å². The number of piperidine rings is 1. The molecule has 2 heterocycles. The van der Waals surface area contributed by atoms with E-state index >= 15 is 0 Å². The number of nitrogens with one attached hydrogen (secondary N) is 1. The third-order valence-corrected chi connectivity index (χ3v) is 6.99. The smallest absolute Gasteiger partial charge is 0.410 e. The lowest BCUT2D eigenvalue weighted by molar-refractivity contribution is 0.0203. The highest BCUT2D eigenvalue weighted by molar-refractivity contribution is 5.97. The topological polar surface area (TPSA) is 138 Å². The zero-order valence-corrected chi connectivity index (χ0v) is 25.1. The molecule has 1 saturated heterocycles. The van der Waals surface area contributed by atoms with Crippen LogP contribution >= 0.6 is 0 Å². The number of amides is 2. The second kappa shape index (κ2) is 13.1. The van der Waals surface area contributed by atoms with Crippen molar-refractivity contribution in [3.8, 4) is 11.4 Å². The Labute approximate surface area is 250 Å². The quantitative estimate of drug-likeness (QED) is 0.354. The van der Waals surface area contributed by atoms with E-state index in [0.717, 1.165) is 11.6 Å². The van der Waals surface area contributed by atoms with Crippen molar-refractivity contribution < 1.29 is 33.0 Å². The van der Waals surface area contributed by atoms with Gasteiger partial charge in [-0.2, -0.15) is 5.10 Å². The summed E-state index contributed by atoms with van der Waals surface area (Å²) in [5.74, 6) is -1.41. The second-order valence-corrected chi connectivity index (χ2v) is 11.2. The number of likely N-dealkylation sites (tertiary alicyclic amines) is 1. The van der Waals surface area contributed by atoms with Gasteiger partial charge in [0.25, 0.3) is 5.91 Å². The molecule has 2 aromatic carbocycles. The number of halogens is 1. The average Bonchev–Trinajstić information content (AvgIpc) is 3.32. The molecule has 11 nitrogen and oxygen atoms in total. The second-order valence-electron chi connectivity index (χ2n) is 11.2. The van der Waals surface area contributed by atoms with Crippen molar-refractivity contribution in [1.82, 2.24) is 20.0 Å². The summed E-state index contributed by atoms with van der Waals surface area (Å²) in [6.45, 7) is 8.49. The Morgan fingerprint density at radius 2 is 1.77 bits per heavy atom. The van der Waals surface area contributed by atoms with E-state index in [1.807, 2.05) is 20.8 Å². The Hall–Kier alpha value is -4.61. The molecule has 0 aliphatic carbocycles. The molecule has 0 spiro atoms. The maximum atomic E-state index is 13.7. The van der Waals surface area contributed by atoms with E-state index in [9.17, 15) is 18.8 Å². The average molecular weight is 596 g/mol. The van der Waals surface area contributed by atoms with Crippen LogP contribution in [0.2, 0.25) is 0 Å². The minimum Gasteiger partial charge on any atom is -0.496 e. The number of ether oxygens (including phenoxy) is 3. The predicted molar refractivity (Wildman–Crippen MR) is 158 cm³/mol. The summed E-state index contributed by atoms with van der Waals surface area (Å²) in [6, 6.07) is 10.8. The van der Waals surface area contributed by atoms with Crippen molar-refractivity contribution in [2.75, 3.05) is 32.5 Å². The first-order valence-electron chi connectivity index (χ1n) is 14.2. The number of esters is 1. The molecule has 230 valence electrons. The number of hydrogen-bond donors (Lipinski definition) is 2. The van der Waals surface area contributed by atoms with Gasteiger partial charge in [0.05, 0.1) is 36.3 Å². The van der Waals surface area contributed by atoms with Gasteiger partial charge in [0.15, 0.2) is 5.69 Å². The van der Waals surface area contributed by atoms with Crippen LogP contribution in [0.3, 0.4) is 0 Å². The van der Waals surface area contributed by atoms with Gasteiger partial charge in [-0.3, -0.25) is 4.79 Å². The molecule has 0 bridgehead atoms. The summed E-state index contributed by atoms with van der Waals surface area (Å²) in [5.41, 5.74) is 8.31. The van der Waals surface area contributed by atoms with Crippen LogP contribution < -0.4 is 15.8 Å². The lowest BCUT2D eigenvalue weighted by Gasteiger charge is -2.33.